The topological polar surface area (TPSA) is 35.5 Å². The Bertz CT molecular complexity index is 392. The number of rotatable bonds is 3. The number of carbonyl (C=O) groups is 1. The summed E-state index contributed by atoms with van der Waals surface area (Å²) in [6, 6.07) is 7.31. The quantitative estimate of drug-likeness (QED) is 0.606. The molecule has 0 unspecified atom stereocenters. The van der Waals surface area contributed by atoms with Crippen LogP contribution in [0.5, 0.6) is 5.75 Å². The largest absolute Gasteiger partial charge is 0.490 e. The van der Waals surface area contributed by atoms with E-state index < -0.39 is 0 Å². The normalized spacial score (nSPS) is 16.9. The van der Waals surface area contributed by atoms with Crippen LogP contribution in [0.15, 0.2) is 24.3 Å². The molecule has 0 atom stereocenters. The van der Waals surface area contributed by atoms with E-state index >= 15 is 0 Å². The summed E-state index contributed by atoms with van der Waals surface area (Å²) in [7, 11) is 1.39. The van der Waals surface area contributed by atoms with Crippen molar-refractivity contribution in [2.45, 2.75) is 44.6 Å². The third kappa shape index (κ3) is 3.25. The molecule has 3 nitrogen and oxygen atoms in total. The van der Waals surface area contributed by atoms with Crippen molar-refractivity contribution >= 4 is 5.97 Å². The Morgan fingerprint density at radius 1 is 1.11 bits per heavy atom. The molecule has 0 saturated heterocycles. The molecule has 0 radical (unpaired) electrons. The van der Waals surface area contributed by atoms with Crippen molar-refractivity contribution in [2.75, 3.05) is 7.11 Å². The Morgan fingerprint density at radius 2 is 1.78 bits per heavy atom. The molecule has 1 saturated carbocycles. The lowest BCUT2D eigenvalue weighted by Crippen LogP contribution is -2.17. The van der Waals surface area contributed by atoms with Crippen LogP contribution in [0.2, 0.25) is 0 Å². The molecule has 3 heteroatoms. The first-order chi connectivity index (χ1) is 8.81. The fraction of sp³-hybridized carbons (Fsp3) is 0.533. The first-order valence-corrected chi connectivity index (χ1v) is 6.65. The molecule has 1 aliphatic rings. The minimum absolute atomic E-state index is 0.235. The summed E-state index contributed by atoms with van der Waals surface area (Å²) in [5, 5.41) is 0. The molecule has 1 aromatic carbocycles. The molecule has 0 aliphatic heterocycles. The Hall–Kier alpha value is -1.51. The number of para-hydroxylation sites is 1. The average Bonchev–Trinajstić information content (AvgIpc) is 2.67. The van der Waals surface area contributed by atoms with Crippen LogP contribution >= 0.6 is 0 Å². The van der Waals surface area contributed by atoms with E-state index in [1.54, 1.807) is 6.07 Å². The summed E-state index contributed by atoms with van der Waals surface area (Å²) in [6.07, 6.45) is 7.40. The molecule has 2 rings (SSSR count). The van der Waals surface area contributed by atoms with Gasteiger partial charge < -0.3 is 9.47 Å². The third-order valence-electron chi connectivity index (χ3n) is 3.39. The molecule has 18 heavy (non-hydrogen) atoms. The van der Waals surface area contributed by atoms with Gasteiger partial charge in [-0.05, 0) is 37.8 Å². The molecule has 0 N–H and O–H groups in total. The average molecular weight is 248 g/mol. The van der Waals surface area contributed by atoms with Crippen LogP contribution in [0.4, 0.5) is 0 Å². The van der Waals surface area contributed by atoms with Gasteiger partial charge in [0.2, 0.25) is 0 Å². The van der Waals surface area contributed by atoms with Gasteiger partial charge in [-0.3, -0.25) is 0 Å². The van der Waals surface area contributed by atoms with Gasteiger partial charge in [0.25, 0.3) is 0 Å². The molecule has 0 aromatic heterocycles. The van der Waals surface area contributed by atoms with Gasteiger partial charge in [-0.15, -0.1) is 0 Å². The summed E-state index contributed by atoms with van der Waals surface area (Å²) >= 11 is 0. The number of carbonyl (C=O) groups excluding carboxylic acids is 1. The predicted molar refractivity (Wildman–Crippen MR) is 69.9 cm³/mol. The van der Waals surface area contributed by atoms with E-state index in [1.807, 2.05) is 18.2 Å². The molecule has 0 heterocycles. The minimum Gasteiger partial charge on any atom is -0.490 e. The highest BCUT2D eigenvalue weighted by atomic mass is 16.5. The van der Waals surface area contributed by atoms with Crippen LogP contribution in [-0.4, -0.2) is 19.2 Å². The lowest BCUT2D eigenvalue weighted by molar-refractivity contribution is 0.0592. The van der Waals surface area contributed by atoms with Gasteiger partial charge in [-0.25, -0.2) is 4.79 Å². The van der Waals surface area contributed by atoms with Crippen molar-refractivity contribution in [1.29, 1.82) is 0 Å². The van der Waals surface area contributed by atoms with Crippen molar-refractivity contribution in [3.05, 3.63) is 29.8 Å². The van der Waals surface area contributed by atoms with Crippen molar-refractivity contribution in [3.8, 4) is 5.75 Å². The SMILES string of the molecule is COC(=O)c1ccccc1OC1CCCCCC1. The van der Waals surface area contributed by atoms with E-state index in [-0.39, 0.29) is 12.1 Å². The minimum atomic E-state index is -0.334. The van der Waals surface area contributed by atoms with Crippen LogP contribution in [-0.2, 0) is 4.74 Å². The van der Waals surface area contributed by atoms with Crippen LogP contribution in [0, 0.1) is 0 Å². The van der Waals surface area contributed by atoms with Gasteiger partial charge in [0.05, 0.1) is 13.2 Å². The Balaban J connectivity index is 2.10. The predicted octanol–water partition coefficient (Wildman–Crippen LogP) is 3.57. The van der Waals surface area contributed by atoms with Crippen molar-refractivity contribution < 1.29 is 14.3 Å². The maximum Gasteiger partial charge on any atom is 0.341 e. The first-order valence-electron chi connectivity index (χ1n) is 6.65. The van der Waals surface area contributed by atoms with Crippen molar-refractivity contribution in [1.82, 2.24) is 0 Å². The summed E-state index contributed by atoms with van der Waals surface area (Å²) in [5.41, 5.74) is 0.518. The van der Waals surface area contributed by atoms with Gasteiger partial charge in [-0.1, -0.05) is 25.0 Å². The van der Waals surface area contributed by atoms with Gasteiger partial charge in [0, 0.05) is 0 Å². The number of ether oxygens (including phenoxy) is 2. The highest BCUT2D eigenvalue weighted by Crippen LogP contribution is 2.25. The summed E-state index contributed by atoms with van der Waals surface area (Å²) in [4.78, 5) is 11.6. The van der Waals surface area contributed by atoms with Gasteiger partial charge >= 0.3 is 5.97 Å². The molecular formula is C15H20O3. The molecule has 1 aromatic rings. The van der Waals surface area contributed by atoms with Crippen molar-refractivity contribution in [2.24, 2.45) is 0 Å². The Kier molecular flexibility index (Phi) is 4.62. The van der Waals surface area contributed by atoms with Crippen LogP contribution in [0.3, 0.4) is 0 Å². The standard InChI is InChI=1S/C15H20O3/c1-17-15(16)13-10-6-7-11-14(13)18-12-8-4-2-3-5-9-12/h6-7,10-12H,2-5,8-9H2,1H3. The molecule has 0 amide bonds. The van der Waals surface area contributed by atoms with E-state index in [0.717, 1.165) is 12.8 Å². The van der Waals surface area contributed by atoms with E-state index in [2.05, 4.69) is 0 Å². The number of methoxy groups -OCH3 is 1. The maximum absolute atomic E-state index is 11.6. The molecule has 0 bridgehead atoms. The summed E-state index contributed by atoms with van der Waals surface area (Å²) < 4.78 is 10.8. The van der Waals surface area contributed by atoms with E-state index in [0.29, 0.717) is 11.3 Å². The summed E-state index contributed by atoms with van der Waals surface area (Å²) in [6.45, 7) is 0. The van der Waals surface area contributed by atoms with E-state index in [4.69, 9.17) is 9.47 Å². The zero-order valence-corrected chi connectivity index (χ0v) is 10.9. The lowest BCUT2D eigenvalue weighted by Gasteiger charge is -2.18. The van der Waals surface area contributed by atoms with Crippen LogP contribution < -0.4 is 4.74 Å². The van der Waals surface area contributed by atoms with Crippen LogP contribution in [0.25, 0.3) is 0 Å². The van der Waals surface area contributed by atoms with Gasteiger partial charge in [0.15, 0.2) is 0 Å². The molecular weight excluding hydrogens is 228 g/mol. The molecule has 1 aliphatic carbocycles. The summed E-state index contributed by atoms with van der Waals surface area (Å²) in [5.74, 6) is 0.315. The van der Waals surface area contributed by atoms with Gasteiger partial charge in [0.1, 0.15) is 11.3 Å². The fourth-order valence-corrected chi connectivity index (χ4v) is 2.39. The maximum atomic E-state index is 11.6. The second-order valence-electron chi connectivity index (χ2n) is 4.72. The number of hydrogen-bond donors (Lipinski definition) is 0. The number of benzene rings is 1. The zero-order chi connectivity index (χ0) is 12.8. The second-order valence-corrected chi connectivity index (χ2v) is 4.72. The molecule has 1 fully saturated rings. The highest BCUT2D eigenvalue weighted by Gasteiger charge is 2.18. The fourth-order valence-electron chi connectivity index (χ4n) is 2.39. The first kappa shape index (κ1) is 12.9. The number of hydrogen-bond acceptors (Lipinski definition) is 3. The van der Waals surface area contributed by atoms with Crippen LogP contribution in [0.1, 0.15) is 48.9 Å². The van der Waals surface area contributed by atoms with E-state index in [1.165, 1.54) is 32.8 Å². The number of esters is 1. The Morgan fingerprint density at radius 3 is 2.44 bits per heavy atom. The lowest BCUT2D eigenvalue weighted by atomic mass is 10.1. The smallest absolute Gasteiger partial charge is 0.341 e. The zero-order valence-electron chi connectivity index (χ0n) is 10.9. The molecule has 0 spiro atoms. The van der Waals surface area contributed by atoms with Gasteiger partial charge in [-0.2, -0.15) is 0 Å². The van der Waals surface area contributed by atoms with Crippen molar-refractivity contribution in [3.63, 3.8) is 0 Å². The highest BCUT2D eigenvalue weighted by molar-refractivity contribution is 5.92. The second kappa shape index (κ2) is 6.43. The third-order valence-corrected chi connectivity index (χ3v) is 3.39. The monoisotopic (exact) mass is 248 g/mol. The van der Waals surface area contributed by atoms with E-state index in [9.17, 15) is 4.79 Å². The Labute approximate surface area is 108 Å². The molecule has 98 valence electrons.